The molecule has 1 aromatic carbocycles. The average Bonchev–Trinajstić information content (AvgIpc) is 3.00. The van der Waals surface area contributed by atoms with Crippen LogP contribution < -0.4 is 31.6 Å². The fourth-order valence-corrected chi connectivity index (χ4v) is 2.70. The fraction of sp³-hybridized carbons (Fsp3) is 0.364. The van der Waals surface area contributed by atoms with Gasteiger partial charge in [-0.1, -0.05) is 0 Å². The van der Waals surface area contributed by atoms with Crippen molar-refractivity contribution in [1.82, 2.24) is 26.5 Å². The van der Waals surface area contributed by atoms with Crippen molar-refractivity contribution in [3.8, 4) is 0 Å². The summed E-state index contributed by atoms with van der Waals surface area (Å²) < 4.78 is 37.2. The molecular formula is C11H17BrFN7O4S. The van der Waals surface area contributed by atoms with Crippen LogP contribution in [-0.4, -0.2) is 44.8 Å². The number of hydrogen-bond acceptors (Lipinski definition) is 8. The van der Waals surface area contributed by atoms with Crippen LogP contribution in [0.4, 0.5) is 10.1 Å². The van der Waals surface area contributed by atoms with Crippen molar-refractivity contribution >= 4 is 37.7 Å². The predicted octanol–water partition coefficient (Wildman–Crippen LogP) is -1.29. The van der Waals surface area contributed by atoms with Crippen LogP contribution in [-0.2, 0) is 15.1 Å². The molecule has 1 fully saturated rings. The van der Waals surface area contributed by atoms with E-state index in [4.69, 9.17) is 10.1 Å². The molecule has 11 nitrogen and oxygen atoms in total. The van der Waals surface area contributed by atoms with Gasteiger partial charge in [0.2, 0.25) is 0 Å². The summed E-state index contributed by atoms with van der Waals surface area (Å²) in [4.78, 5) is 9.09. The molecule has 0 spiro atoms. The van der Waals surface area contributed by atoms with E-state index in [-0.39, 0.29) is 23.4 Å². The molecule has 0 aromatic heterocycles. The second-order valence-corrected chi connectivity index (χ2v) is 7.13. The molecular weight excluding hydrogens is 425 g/mol. The SMILES string of the molecule is NS(=O)(=O)NCCNC1NONC1C(=Nc1ccc(F)c(Br)c1)NO. The van der Waals surface area contributed by atoms with Gasteiger partial charge in [0.1, 0.15) is 23.9 Å². The maximum Gasteiger partial charge on any atom is 0.274 e. The first-order valence-electron chi connectivity index (χ1n) is 6.91. The molecule has 25 heavy (non-hydrogen) atoms. The van der Waals surface area contributed by atoms with Crippen molar-refractivity contribution in [3.05, 3.63) is 28.5 Å². The normalized spacial score (nSPS) is 21.5. The van der Waals surface area contributed by atoms with Gasteiger partial charge in [0.25, 0.3) is 10.2 Å². The number of benzene rings is 1. The summed E-state index contributed by atoms with van der Waals surface area (Å²) in [5, 5.41) is 17.1. The molecule has 2 unspecified atom stereocenters. The highest BCUT2D eigenvalue weighted by Crippen LogP contribution is 2.22. The van der Waals surface area contributed by atoms with Crippen LogP contribution in [0.2, 0.25) is 0 Å². The first-order valence-corrected chi connectivity index (χ1v) is 9.25. The molecule has 1 aromatic rings. The van der Waals surface area contributed by atoms with Crippen LogP contribution in [0.1, 0.15) is 0 Å². The summed E-state index contributed by atoms with van der Waals surface area (Å²) >= 11 is 3.05. The lowest BCUT2D eigenvalue weighted by atomic mass is 10.2. The van der Waals surface area contributed by atoms with Crippen LogP contribution in [0, 0.1) is 5.82 Å². The molecule has 0 saturated carbocycles. The second-order valence-electron chi connectivity index (χ2n) is 4.89. The van der Waals surface area contributed by atoms with Crippen LogP contribution in [0.3, 0.4) is 0 Å². The van der Waals surface area contributed by atoms with Gasteiger partial charge >= 0.3 is 0 Å². The number of nitrogens with one attached hydrogen (secondary N) is 5. The van der Waals surface area contributed by atoms with Gasteiger partial charge in [-0.25, -0.2) is 24.2 Å². The van der Waals surface area contributed by atoms with E-state index in [9.17, 15) is 18.0 Å². The molecule has 0 aliphatic carbocycles. The van der Waals surface area contributed by atoms with Gasteiger partial charge in [0, 0.05) is 13.1 Å². The summed E-state index contributed by atoms with van der Waals surface area (Å²) in [6.07, 6.45) is -0.551. The zero-order valence-corrected chi connectivity index (χ0v) is 15.1. The van der Waals surface area contributed by atoms with Crippen molar-refractivity contribution in [1.29, 1.82) is 0 Å². The summed E-state index contributed by atoms with van der Waals surface area (Å²) in [5.74, 6) is -0.358. The van der Waals surface area contributed by atoms with Gasteiger partial charge in [-0.05, 0) is 34.1 Å². The zero-order valence-electron chi connectivity index (χ0n) is 12.7. The number of amidine groups is 1. The Balaban J connectivity index is 2.02. The molecule has 2 rings (SSSR count). The zero-order chi connectivity index (χ0) is 18.4. The number of nitrogens with two attached hydrogens (primary N) is 1. The molecule has 0 radical (unpaired) electrons. The van der Waals surface area contributed by atoms with Gasteiger partial charge in [-0.3, -0.25) is 16.0 Å². The Morgan fingerprint density at radius 3 is 2.84 bits per heavy atom. The molecule has 8 N–H and O–H groups in total. The Hall–Kier alpha value is -1.23. The third-order valence-electron chi connectivity index (χ3n) is 3.06. The van der Waals surface area contributed by atoms with Gasteiger partial charge < -0.3 is 0 Å². The Morgan fingerprint density at radius 1 is 1.44 bits per heavy atom. The fourth-order valence-electron chi connectivity index (χ4n) is 1.95. The van der Waals surface area contributed by atoms with E-state index in [1.165, 1.54) is 18.2 Å². The number of nitrogens with zero attached hydrogens (tertiary/aromatic N) is 1. The lowest BCUT2D eigenvalue weighted by Gasteiger charge is -2.19. The van der Waals surface area contributed by atoms with Crippen molar-refractivity contribution in [3.63, 3.8) is 0 Å². The molecule has 1 aliphatic heterocycles. The van der Waals surface area contributed by atoms with E-state index in [0.717, 1.165) is 0 Å². The lowest BCUT2D eigenvalue weighted by Crippen LogP contribution is -2.54. The van der Waals surface area contributed by atoms with Crippen LogP contribution in [0.5, 0.6) is 0 Å². The Labute approximate surface area is 151 Å². The van der Waals surface area contributed by atoms with Crippen LogP contribution >= 0.6 is 15.9 Å². The average molecular weight is 442 g/mol. The lowest BCUT2D eigenvalue weighted by molar-refractivity contribution is 0.00932. The van der Waals surface area contributed by atoms with E-state index >= 15 is 0 Å². The van der Waals surface area contributed by atoms with E-state index in [0.29, 0.717) is 5.69 Å². The predicted molar refractivity (Wildman–Crippen MR) is 90.2 cm³/mol. The first-order chi connectivity index (χ1) is 11.8. The molecule has 2 atom stereocenters. The molecule has 0 bridgehead atoms. The number of aliphatic imine (C=N–C) groups is 1. The Bertz CT molecular complexity index is 735. The third kappa shape index (κ3) is 6.21. The van der Waals surface area contributed by atoms with Gasteiger partial charge in [-0.15, -0.1) is 0 Å². The molecule has 1 saturated heterocycles. The number of hydrogen-bond donors (Lipinski definition) is 7. The highest BCUT2D eigenvalue weighted by Gasteiger charge is 2.32. The minimum Gasteiger partial charge on any atom is -0.297 e. The van der Waals surface area contributed by atoms with Crippen LogP contribution in [0.15, 0.2) is 27.7 Å². The molecule has 1 aliphatic rings. The quantitative estimate of drug-likeness (QED) is 0.119. The summed E-state index contributed by atoms with van der Waals surface area (Å²) in [7, 11) is -3.77. The maximum atomic E-state index is 13.3. The summed E-state index contributed by atoms with van der Waals surface area (Å²) in [6.45, 7) is 0.268. The third-order valence-corrected chi connectivity index (χ3v) is 4.27. The smallest absolute Gasteiger partial charge is 0.274 e. The second kappa shape index (κ2) is 8.93. The number of halogens is 2. The van der Waals surface area contributed by atoms with Crippen molar-refractivity contribution in [2.24, 2.45) is 10.1 Å². The largest absolute Gasteiger partial charge is 0.297 e. The summed E-state index contributed by atoms with van der Waals surface area (Å²) in [5.41, 5.74) is 7.52. The van der Waals surface area contributed by atoms with E-state index in [1.54, 1.807) is 0 Å². The Morgan fingerprint density at radius 2 is 2.20 bits per heavy atom. The highest BCUT2D eigenvalue weighted by atomic mass is 79.9. The van der Waals surface area contributed by atoms with Crippen molar-refractivity contribution in [2.75, 3.05) is 13.1 Å². The van der Waals surface area contributed by atoms with E-state index in [2.05, 4.69) is 41.9 Å². The van der Waals surface area contributed by atoms with Gasteiger partial charge in [-0.2, -0.15) is 19.4 Å². The Kier molecular flexibility index (Phi) is 7.17. The first kappa shape index (κ1) is 20.1. The van der Waals surface area contributed by atoms with Crippen LogP contribution in [0.25, 0.3) is 0 Å². The molecule has 0 amide bonds. The standard InChI is InChI=1S/C11H17BrFN7O4S/c12-7-5-6(1-2-8(7)13)17-11(18-21)9-10(20-24-19-9)15-3-4-16-25(14,22)23/h1-2,5,9-10,15-16,19-21H,3-4H2,(H,17,18)(H2,14,22,23). The topological polar surface area (TPSA) is 162 Å². The van der Waals surface area contributed by atoms with E-state index in [1.807, 2.05) is 5.48 Å². The van der Waals surface area contributed by atoms with Gasteiger partial charge in [0.05, 0.1) is 10.2 Å². The molecule has 140 valence electrons. The summed E-state index contributed by atoms with van der Waals surface area (Å²) in [6, 6.07) is 3.44. The minimum atomic E-state index is -3.77. The van der Waals surface area contributed by atoms with E-state index < -0.39 is 28.2 Å². The molecule has 14 heteroatoms. The van der Waals surface area contributed by atoms with Crippen molar-refractivity contribution < 1.29 is 23.0 Å². The minimum absolute atomic E-state index is 0.0493. The maximum absolute atomic E-state index is 13.3. The van der Waals surface area contributed by atoms with Crippen molar-refractivity contribution in [2.45, 2.75) is 12.2 Å². The monoisotopic (exact) mass is 441 g/mol. The number of rotatable bonds is 7. The highest BCUT2D eigenvalue weighted by molar-refractivity contribution is 9.10. The number of hydroxylamine groups is 3. The molecule has 1 heterocycles. The van der Waals surface area contributed by atoms with Gasteiger partial charge in [0.15, 0.2) is 0 Å².